The van der Waals surface area contributed by atoms with Crippen molar-refractivity contribution in [2.45, 2.75) is 32.9 Å². The summed E-state index contributed by atoms with van der Waals surface area (Å²) in [5.41, 5.74) is 6.11. The van der Waals surface area contributed by atoms with E-state index in [9.17, 15) is 4.79 Å². The van der Waals surface area contributed by atoms with Gasteiger partial charge in [-0.3, -0.25) is 4.79 Å². The first-order chi connectivity index (χ1) is 13.9. The Bertz CT molecular complexity index is 1200. The maximum Gasteiger partial charge on any atom is 0.253 e. The smallest absolute Gasteiger partial charge is 0.253 e. The summed E-state index contributed by atoms with van der Waals surface area (Å²) in [5, 5.41) is 10.4. The number of hydrogen-bond donors (Lipinski definition) is 1. The molecule has 9 heteroatoms. The summed E-state index contributed by atoms with van der Waals surface area (Å²) in [7, 11) is 0. The summed E-state index contributed by atoms with van der Waals surface area (Å²) in [5.74, 6) is 0.611. The van der Waals surface area contributed by atoms with Crippen LogP contribution in [0.1, 0.15) is 22.5 Å². The standard InChI is InChI=1S/C20H20N6OS2/c1-11-5-7-15(8-6-11)16-9-28-19(22-16)23-17(27)10-29-20-24-18-21-13(3)12(2)14(4)26(18)25-20/h5-9H,10H2,1-4H3,(H,22,23,27). The van der Waals surface area contributed by atoms with Gasteiger partial charge in [-0.1, -0.05) is 41.6 Å². The average Bonchev–Trinajstić information content (AvgIpc) is 3.32. The number of carbonyl (C=O) groups is 1. The van der Waals surface area contributed by atoms with Crippen molar-refractivity contribution in [3.63, 3.8) is 0 Å². The van der Waals surface area contributed by atoms with Gasteiger partial charge in [0.2, 0.25) is 11.1 Å². The van der Waals surface area contributed by atoms with E-state index in [1.807, 2.05) is 57.3 Å². The molecule has 148 valence electrons. The van der Waals surface area contributed by atoms with E-state index in [1.165, 1.54) is 28.7 Å². The first-order valence-electron chi connectivity index (χ1n) is 9.06. The molecule has 0 atom stereocenters. The number of rotatable bonds is 5. The van der Waals surface area contributed by atoms with E-state index in [-0.39, 0.29) is 11.7 Å². The lowest BCUT2D eigenvalue weighted by Gasteiger charge is -2.04. The normalized spacial score (nSPS) is 11.2. The fourth-order valence-corrected chi connectivity index (χ4v) is 4.13. The maximum atomic E-state index is 12.3. The van der Waals surface area contributed by atoms with E-state index >= 15 is 0 Å². The Balaban J connectivity index is 1.40. The van der Waals surface area contributed by atoms with Gasteiger partial charge in [0.1, 0.15) is 0 Å². The molecule has 0 bridgehead atoms. The summed E-state index contributed by atoms with van der Waals surface area (Å²) in [6.07, 6.45) is 0. The molecule has 0 aliphatic rings. The Morgan fingerprint density at radius 3 is 2.62 bits per heavy atom. The number of carbonyl (C=O) groups excluding carboxylic acids is 1. The Morgan fingerprint density at radius 2 is 1.86 bits per heavy atom. The van der Waals surface area contributed by atoms with Crippen molar-refractivity contribution in [2.75, 3.05) is 11.1 Å². The van der Waals surface area contributed by atoms with E-state index < -0.39 is 0 Å². The van der Waals surface area contributed by atoms with Crippen LogP contribution in [0.3, 0.4) is 0 Å². The lowest BCUT2D eigenvalue weighted by molar-refractivity contribution is -0.113. The van der Waals surface area contributed by atoms with Crippen molar-refractivity contribution in [3.8, 4) is 11.3 Å². The maximum absolute atomic E-state index is 12.3. The van der Waals surface area contributed by atoms with Crippen molar-refractivity contribution < 1.29 is 4.79 Å². The monoisotopic (exact) mass is 424 g/mol. The molecule has 0 fully saturated rings. The van der Waals surface area contributed by atoms with Crippen LogP contribution in [0.15, 0.2) is 34.8 Å². The van der Waals surface area contributed by atoms with Crippen LogP contribution < -0.4 is 5.32 Å². The van der Waals surface area contributed by atoms with Crippen LogP contribution in [0.4, 0.5) is 5.13 Å². The number of nitrogens with zero attached hydrogens (tertiary/aromatic N) is 5. The molecule has 0 saturated heterocycles. The van der Waals surface area contributed by atoms with Crippen molar-refractivity contribution in [3.05, 3.63) is 52.2 Å². The Morgan fingerprint density at radius 1 is 1.10 bits per heavy atom. The minimum absolute atomic E-state index is 0.143. The number of nitrogens with one attached hydrogen (secondary N) is 1. The second-order valence-corrected chi connectivity index (χ2v) is 8.56. The number of thioether (sulfide) groups is 1. The summed E-state index contributed by atoms with van der Waals surface area (Å²) in [6, 6.07) is 8.15. The fourth-order valence-electron chi connectivity index (χ4n) is 2.77. The van der Waals surface area contributed by atoms with Crippen LogP contribution in [-0.4, -0.2) is 36.2 Å². The van der Waals surface area contributed by atoms with Gasteiger partial charge < -0.3 is 5.32 Å². The number of amides is 1. The predicted molar refractivity (Wildman–Crippen MR) is 117 cm³/mol. The molecule has 4 rings (SSSR count). The number of hydrogen-bond acceptors (Lipinski definition) is 7. The molecule has 1 aromatic carbocycles. The van der Waals surface area contributed by atoms with Gasteiger partial charge in [-0.2, -0.15) is 4.98 Å². The number of aryl methyl sites for hydroxylation is 3. The largest absolute Gasteiger partial charge is 0.301 e. The topological polar surface area (TPSA) is 85.1 Å². The Kier molecular flexibility index (Phi) is 5.33. The zero-order chi connectivity index (χ0) is 20.5. The minimum atomic E-state index is -0.143. The Hall–Kier alpha value is -2.78. The number of aromatic nitrogens is 5. The van der Waals surface area contributed by atoms with Crippen molar-refractivity contribution in [2.24, 2.45) is 0 Å². The highest BCUT2D eigenvalue weighted by Gasteiger charge is 2.14. The van der Waals surface area contributed by atoms with Gasteiger partial charge in [-0.15, -0.1) is 16.4 Å². The zero-order valence-electron chi connectivity index (χ0n) is 16.6. The van der Waals surface area contributed by atoms with Gasteiger partial charge in [0, 0.05) is 22.3 Å². The van der Waals surface area contributed by atoms with Gasteiger partial charge in [0.15, 0.2) is 5.13 Å². The molecule has 1 N–H and O–H groups in total. The molecule has 0 saturated carbocycles. The van der Waals surface area contributed by atoms with Crippen molar-refractivity contribution in [1.82, 2.24) is 24.6 Å². The third-order valence-electron chi connectivity index (χ3n) is 4.67. The number of thiazole rings is 1. The van der Waals surface area contributed by atoms with Crippen LogP contribution in [0.2, 0.25) is 0 Å². The molecule has 3 aromatic heterocycles. The van der Waals surface area contributed by atoms with Gasteiger partial charge in [-0.25, -0.2) is 14.5 Å². The first kappa shape index (κ1) is 19.5. The molecular weight excluding hydrogens is 404 g/mol. The summed E-state index contributed by atoms with van der Waals surface area (Å²) in [6.45, 7) is 8.00. The summed E-state index contributed by atoms with van der Waals surface area (Å²) >= 11 is 2.69. The van der Waals surface area contributed by atoms with E-state index in [2.05, 4.69) is 25.4 Å². The number of anilines is 1. The lowest BCUT2D eigenvalue weighted by Crippen LogP contribution is -2.13. The molecule has 0 aliphatic heterocycles. The quantitative estimate of drug-likeness (QED) is 0.483. The number of fused-ring (bicyclic) bond motifs is 1. The van der Waals surface area contributed by atoms with Crippen molar-refractivity contribution in [1.29, 1.82) is 0 Å². The minimum Gasteiger partial charge on any atom is -0.301 e. The molecule has 1 amide bonds. The summed E-state index contributed by atoms with van der Waals surface area (Å²) in [4.78, 5) is 25.7. The summed E-state index contributed by atoms with van der Waals surface area (Å²) < 4.78 is 1.72. The molecule has 0 unspecified atom stereocenters. The number of benzene rings is 1. The van der Waals surface area contributed by atoms with Gasteiger partial charge in [-0.05, 0) is 33.3 Å². The lowest BCUT2D eigenvalue weighted by atomic mass is 10.1. The molecule has 0 radical (unpaired) electrons. The molecular formula is C20H20N6OS2. The van der Waals surface area contributed by atoms with Crippen LogP contribution >= 0.6 is 23.1 Å². The zero-order valence-corrected chi connectivity index (χ0v) is 18.2. The third-order valence-corrected chi connectivity index (χ3v) is 6.27. The van der Waals surface area contributed by atoms with E-state index in [0.29, 0.717) is 16.1 Å². The van der Waals surface area contributed by atoms with Crippen LogP contribution in [-0.2, 0) is 4.79 Å². The van der Waals surface area contributed by atoms with Crippen LogP contribution in [0.25, 0.3) is 17.0 Å². The fraction of sp³-hybridized carbons (Fsp3) is 0.250. The first-order valence-corrected chi connectivity index (χ1v) is 10.9. The van der Waals surface area contributed by atoms with Crippen LogP contribution in [0, 0.1) is 27.7 Å². The Labute approximate surface area is 176 Å². The molecule has 7 nitrogen and oxygen atoms in total. The highest BCUT2D eigenvalue weighted by Crippen LogP contribution is 2.25. The van der Waals surface area contributed by atoms with Crippen LogP contribution in [0.5, 0.6) is 0 Å². The molecule has 4 aromatic rings. The highest BCUT2D eigenvalue weighted by atomic mass is 32.2. The second kappa shape index (κ2) is 7.92. The molecule has 0 aliphatic carbocycles. The van der Waals surface area contributed by atoms with Crippen molar-refractivity contribution >= 4 is 39.9 Å². The van der Waals surface area contributed by atoms with Gasteiger partial charge in [0.25, 0.3) is 5.78 Å². The average molecular weight is 425 g/mol. The highest BCUT2D eigenvalue weighted by molar-refractivity contribution is 7.99. The predicted octanol–water partition coefficient (Wildman–Crippen LogP) is 4.21. The van der Waals surface area contributed by atoms with E-state index in [4.69, 9.17) is 0 Å². The van der Waals surface area contributed by atoms with E-state index in [0.717, 1.165) is 28.2 Å². The molecule has 0 spiro atoms. The molecule has 3 heterocycles. The van der Waals surface area contributed by atoms with Gasteiger partial charge >= 0.3 is 0 Å². The SMILES string of the molecule is Cc1ccc(-c2csc(NC(=O)CSc3nc4nc(C)c(C)c(C)n4n3)n2)cc1. The second-order valence-electron chi connectivity index (χ2n) is 6.75. The van der Waals surface area contributed by atoms with E-state index in [1.54, 1.807) is 4.52 Å². The third kappa shape index (κ3) is 4.15. The van der Waals surface area contributed by atoms with Gasteiger partial charge in [0.05, 0.1) is 11.4 Å². The molecule has 29 heavy (non-hydrogen) atoms.